The van der Waals surface area contributed by atoms with Gasteiger partial charge >= 0.3 is 0 Å². The van der Waals surface area contributed by atoms with E-state index in [2.05, 4.69) is 113 Å². The van der Waals surface area contributed by atoms with Crippen LogP contribution in [0.5, 0.6) is 0 Å². The number of alkyl halides is 5. The Morgan fingerprint density at radius 2 is 0.500 bits per heavy atom. The van der Waals surface area contributed by atoms with E-state index in [4.69, 9.17) is 0 Å². The van der Waals surface area contributed by atoms with Gasteiger partial charge in [-0.1, -0.05) is 209 Å². The zero-order valence-corrected chi connectivity index (χ0v) is 36.6. The van der Waals surface area contributed by atoms with E-state index < -0.39 is 0 Å². The second kappa shape index (κ2) is 25.7. The Balaban J connectivity index is 1.96. The SMILES string of the molecule is IC1CCCCCCCCCCCC2(CCCCCCCCC(I)CC2)CCC(I)CCC(I)CCC(I)CC1. The van der Waals surface area contributed by atoms with Gasteiger partial charge in [0.25, 0.3) is 0 Å². The third-order valence-corrected chi connectivity index (χ3v) is 16.3. The third-order valence-electron chi connectivity index (χ3n) is 10.1. The highest BCUT2D eigenvalue weighted by Gasteiger charge is 2.30. The maximum Gasteiger partial charge on any atom is 0.0110 e. The van der Waals surface area contributed by atoms with Crippen molar-refractivity contribution >= 4 is 113 Å². The smallest absolute Gasteiger partial charge is 0.0110 e. The molecular weight excluding hydrogens is 1050 g/mol. The summed E-state index contributed by atoms with van der Waals surface area (Å²) in [5, 5.41) is 0. The van der Waals surface area contributed by atoms with E-state index in [-0.39, 0.29) is 0 Å². The van der Waals surface area contributed by atoms with Crippen molar-refractivity contribution < 1.29 is 0 Å². The molecule has 0 saturated heterocycles. The fourth-order valence-electron chi connectivity index (χ4n) is 7.16. The van der Waals surface area contributed by atoms with Gasteiger partial charge in [-0.05, 0) is 95.3 Å². The van der Waals surface area contributed by atoms with Crippen molar-refractivity contribution in [3.8, 4) is 0 Å². The minimum absolute atomic E-state index is 0.647. The highest BCUT2D eigenvalue weighted by Crippen LogP contribution is 2.44. The van der Waals surface area contributed by atoms with Crippen molar-refractivity contribution in [3.63, 3.8) is 0 Å². The van der Waals surface area contributed by atoms with Crippen LogP contribution in [-0.4, -0.2) is 19.6 Å². The second-order valence-corrected chi connectivity index (χ2v) is 22.5. The zero-order valence-electron chi connectivity index (χ0n) is 25.8. The molecule has 0 radical (unpaired) electrons. The van der Waals surface area contributed by atoms with Gasteiger partial charge in [0.2, 0.25) is 0 Å². The van der Waals surface area contributed by atoms with E-state index in [1.807, 2.05) is 0 Å². The molecule has 2 aliphatic carbocycles. The minimum Gasteiger partial charge on any atom is -0.0826 e. The lowest BCUT2D eigenvalue weighted by molar-refractivity contribution is 0.174. The first kappa shape index (κ1) is 39.8. The molecular formula is C35H63I5. The van der Waals surface area contributed by atoms with Gasteiger partial charge in [-0.15, -0.1) is 0 Å². The Labute approximate surface area is 319 Å². The van der Waals surface area contributed by atoms with Gasteiger partial charge < -0.3 is 0 Å². The average Bonchev–Trinajstić information content (AvgIpc) is 2.94. The topological polar surface area (TPSA) is 0 Å². The number of hydrogen-bond donors (Lipinski definition) is 0. The Hall–Kier alpha value is 3.65. The average molecular weight is 1120 g/mol. The van der Waals surface area contributed by atoms with Crippen molar-refractivity contribution in [1.29, 1.82) is 0 Å². The maximum absolute atomic E-state index is 2.85. The molecule has 0 amide bonds. The standard InChI is InChI=1S/C35H63I5/c36-30-16-12-8-4-2-1-3-6-10-14-26-35(27-15-11-7-5-9-13-17-31(37)24-28-35)29-25-34(40)23-22-33(39)21-20-32(38)19-18-30/h30-34H,1-29H2. The molecule has 0 N–H and O–H groups in total. The van der Waals surface area contributed by atoms with Crippen molar-refractivity contribution in [2.45, 2.75) is 206 Å². The first-order valence-corrected chi connectivity index (χ1v) is 23.8. The van der Waals surface area contributed by atoms with Gasteiger partial charge in [0.1, 0.15) is 0 Å². The van der Waals surface area contributed by atoms with Crippen LogP contribution in [0.25, 0.3) is 0 Å². The van der Waals surface area contributed by atoms with E-state index in [1.165, 1.54) is 186 Å². The Kier molecular flexibility index (Phi) is 25.6. The summed E-state index contributed by atoms with van der Waals surface area (Å²) in [5.74, 6) is 0. The molecule has 0 aliphatic heterocycles. The molecule has 1 spiro atoms. The monoisotopic (exact) mass is 1120 g/mol. The van der Waals surface area contributed by atoms with Gasteiger partial charge in [-0.2, -0.15) is 0 Å². The normalized spacial score (nSPS) is 36.1. The first-order chi connectivity index (χ1) is 19.4. The zero-order chi connectivity index (χ0) is 28.9. The summed E-state index contributed by atoms with van der Waals surface area (Å²) in [7, 11) is 0. The predicted molar refractivity (Wildman–Crippen MR) is 225 cm³/mol. The van der Waals surface area contributed by atoms with Crippen LogP contribution in [0.1, 0.15) is 186 Å². The largest absolute Gasteiger partial charge is 0.0826 e. The predicted octanol–water partition coefficient (Wildman–Crippen LogP) is 15.3. The quantitative estimate of drug-likeness (QED) is 0.168. The van der Waals surface area contributed by atoms with Gasteiger partial charge in [0, 0.05) is 19.6 Å². The summed E-state index contributed by atoms with van der Waals surface area (Å²) in [6.45, 7) is 0. The summed E-state index contributed by atoms with van der Waals surface area (Å²) in [6, 6.07) is 0. The third kappa shape index (κ3) is 20.7. The van der Waals surface area contributed by atoms with Gasteiger partial charge in [0.15, 0.2) is 0 Å². The van der Waals surface area contributed by atoms with Gasteiger partial charge in [-0.3, -0.25) is 0 Å². The van der Waals surface area contributed by atoms with Crippen LogP contribution < -0.4 is 0 Å². The summed E-state index contributed by atoms with van der Waals surface area (Å²) in [5.41, 5.74) is 0.647. The number of halogens is 5. The summed E-state index contributed by atoms with van der Waals surface area (Å²) >= 11 is 14.0. The van der Waals surface area contributed by atoms with E-state index in [1.54, 1.807) is 0 Å². The Bertz CT molecular complexity index is 586. The molecule has 0 aromatic heterocycles. The molecule has 2 saturated carbocycles. The van der Waals surface area contributed by atoms with Crippen LogP contribution in [-0.2, 0) is 0 Å². The van der Waals surface area contributed by atoms with Crippen molar-refractivity contribution in [1.82, 2.24) is 0 Å². The lowest BCUT2D eigenvalue weighted by Crippen LogP contribution is -2.24. The minimum atomic E-state index is 0.647. The summed E-state index contributed by atoms with van der Waals surface area (Å²) in [4.78, 5) is 0. The van der Waals surface area contributed by atoms with Crippen LogP contribution in [0.15, 0.2) is 0 Å². The molecule has 0 nitrogen and oxygen atoms in total. The van der Waals surface area contributed by atoms with Crippen LogP contribution >= 0.6 is 113 Å². The van der Waals surface area contributed by atoms with E-state index >= 15 is 0 Å². The van der Waals surface area contributed by atoms with Gasteiger partial charge in [-0.25, -0.2) is 0 Å². The molecule has 2 aliphatic rings. The lowest BCUT2D eigenvalue weighted by Gasteiger charge is -2.36. The Morgan fingerprint density at radius 1 is 0.250 bits per heavy atom. The first-order valence-electron chi connectivity index (χ1n) is 17.6. The maximum atomic E-state index is 2.85. The second-order valence-electron chi connectivity index (χ2n) is 13.7. The number of rotatable bonds is 0. The van der Waals surface area contributed by atoms with Crippen LogP contribution in [0.3, 0.4) is 0 Å². The van der Waals surface area contributed by atoms with Crippen molar-refractivity contribution in [2.75, 3.05) is 0 Å². The van der Waals surface area contributed by atoms with Crippen LogP contribution in [0.2, 0.25) is 0 Å². The van der Waals surface area contributed by atoms with Crippen LogP contribution in [0, 0.1) is 5.41 Å². The molecule has 6 unspecified atom stereocenters. The molecule has 0 heterocycles. The molecule has 6 atom stereocenters. The molecule has 40 heavy (non-hydrogen) atoms. The van der Waals surface area contributed by atoms with Crippen LogP contribution in [0.4, 0.5) is 0 Å². The molecule has 2 rings (SSSR count). The summed E-state index contributed by atoms with van der Waals surface area (Å²) < 4.78 is 4.46. The van der Waals surface area contributed by atoms with Gasteiger partial charge in [0.05, 0.1) is 0 Å². The molecule has 2 fully saturated rings. The fourth-order valence-corrected chi connectivity index (χ4v) is 10.8. The Morgan fingerprint density at radius 3 is 0.875 bits per heavy atom. The molecule has 5 heteroatoms. The highest BCUT2D eigenvalue weighted by atomic mass is 127. The molecule has 0 bridgehead atoms. The molecule has 0 aromatic rings. The van der Waals surface area contributed by atoms with E-state index in [0.717, 1.165) is 19.6 Å². The molecule has 238 valence electrons. The summed E-state index contributed by atoms with van der Waals surface area (Å²) in [6.07, 6.45) is 42.9. The van der Waals surface area contributed by atoms with Crippen molar-refractivity contribution in [3.05, 3.63) is 0 Å². The van der Waals surface area contributed by atoms with E-state index in [0.29, 0.717) is 5.41 Å². The molecule has 0 aromatic carbocycles. The fraction of sp³-hybridized carbons (Fsp3) is 1.00. The number of hydrogen-bond acceptors (Lipinski definition) is 0. The van der Waals surface area contributed by atoms with E-state index in [9.17, 15) is 0 Å². The highest BCUT2D eigenvalue weighted by molar-refractivity contribution is 14.1. The van der Waals surface area contributed by atoms with Crippen molar-refractivity contribution in [2.24, 2.45) is 5.41 Å². The lowest BCUT2D eigenvalue weighted by atomic mass is 9.70.